The van der Waals surface area contributed by atoms with Crippen LogP contribution in [0.3, 0.4) is 0 Å². The van der Waals surface area contributed by atoms with Crippen molar-refractivity contribution in [1.82, 2.24) is 9.13 Å². The van der Waals surface area contributed by atoms with E-state index >= 15 is 0 Å². The fourth-order valence-electron chi connectivity index (χ4n) is 4.60. The first-order chi connectivity index (χ1) is 16.8. The lowest BCUT2D eigenvalue weighted by Crippen LogP contribution is -2.26. The molecular weight excluding hydrogens is 516 g/mol. The highest BCUT2D eigenvalue weighted by Gasteiger charge is 2.45. The highest BCUT2D eigenvalue weighted by atomic mass is 35.5. The average molecular weight is 537 g/mol. The number of hydrogen-bond acceptors (Lipinski definition) is 2. The molecule has 0 fully saturated rings. The van der Waals surface area contributed by atoms with Gasteiger partial charge in [-0.3, -0.25) is 9.13 Å². The van der Waals surface area contributed by atoms with Crippen LogP contribution in [-0.2, 0) is 14.1 Å². The number of fused-ring (bicyclic) bond motifs is 1. The second kappa shape index (κ2) is 9.33. The molecule has 0 amide bonds. The molecule has 1 N–H and O–H groups in total. The van der Waals surface area contributed by atoms with Gasteiger partial charge < -0.3 is 5.11 Å². The smallest absolute Gasteiger partial charge is 0.396 e. The van der Waals surface area contributed by atoms with Crippen LogP contribution in [0, 0.1) is 0 Å². The standard InChI is InChI=1S/C26H21Cl2F3N2O3/c1-13(17-7-4-14(10-19(17)27)18-8-5-16(24(34)35)11-20(18)28)23(26(29,30)31)15-6-9-21-22(12-15)33(3)25(36)32(21)2/h4-13,23H,1-3H3,(H,34,35)/t13-,23?/m1/s1. The van der Waals surface area contributed by atoms with E-state index in [-0.39, 0.29) is 26.9 Å². The Morgan fingerprint density at radius 3 is 2.17 bits per heavy atom. The summed E-state index contributed by atoms with van der Waals surface area (Å²) in [6, 6.07) is 13.2. The zero-order valence-electron chi connectivity index (χ0n) is 19.4. The van der Waals surface area contributed by atoms with Gasteiger partial charge in [0.25, 0.3) is 0 Å². The molecule has 10 heteroatoms. The molecular formula is C26H21Cl2F3N2O3. The maximum absolute atomic E-state index is 14.4. The van der Waals surface area contributed by atoms with E-state index in [1.807, 2.05) is 0 Å². The fourth-order valence-corrected chi connectivity index (χ4v) is 5.25. The Morgan fingerprint density at radius 2 is 1.58 bits per heavy atom. The van der Waals surface area contributed by atoms with Crippen molar-refractivity contribution in [3.63, 3.8) is 0 Å². The van der Waals surface area contributed by atoms with Crippen molar-refractivity contribution in [1.29, 1.82) is 0 Å². The first-order valence-electron chi connectivity index (χ1n) is 10.9. The van der Waals surface area contributed by atoms with Crippen molar-refractivity contribution in [2.45, 2.75) is 24.9 Å². The van der Waals surface area contributed by atoms with Crippen LogP contribution in [-0.4, -0.2) is 26.4 Å². The molecule has 0 aliphatic heterocycles. The summed E-state index contributed by atoms with van der Waals surface area (Å²) in [5, 5.41) is 9.43. The summed E-state index contributed by atoms with van der Waals surface area (Å²) < 4.78 is 45.8. The molecule has 4 aromatic rings. The van der Waals surface area contributed by atoms with Crippen molar-refractivity contribution >= 4 is 40.2 Å². The number of aromatic nitrogens is 2. The number of aromatic carboxylic acids is 1. The van der Waals surface area contributed by atoms with E-state index in [2.05, 4.69) is 0 Å². The minimum Gasteiger partial charge on any atom is -0.478 e. The van der Waals surface area contributed by atoms with Crippen LogP contribution in [0.5, 0.6) is 0 Å². The molecule has 188 valence electrons. The van der Waals surface area contributed by atoms with Gasteiger partial charge in [0.05, 0.1) is 22.5 Å². The summed E-state index contributed by atoms with van der Waals surface area (Å²) in [7, 11) is 3.08. The second-order valence-electron chi connectivity index (χ2n) is 8.69. The van der Waals surface area contributed by atoms with Crippen molar-refractivity contribution in [3.05, 3.63) is 91.8 Å². The highest BCUT2D eigenvalue weighted by Crippen LogP contribution is 2.47. The minimum atomic E-state index is -4.58. The molecule has 3 aromatic carbocycles. The van der Waals surface area contributed by atoms with Crippen molar-refractivity contribution in [2.75, 3.05) is 0 Å². The molecule has 0 saturated heterocycles. The van der Waals surface area contributed by atoms with Crippen molar-refractivity contribution in [3.8, 4) is 11.1 Å². The Morgan fingerprint density at radius 1 is 0.917 bits per heavy atom. The first kappa shape index (κ1) is 25.9. The number of aryl methyl sites for hydroxylation is 2. The maximum Gasteiger partial charge on any atom is 0.396 e. The monoisotopic (exact) mass is 536 g/mol. The van der Waals surface area contributed by atoms with Gasteiger partial charge in [0.15, 0.2) is 0 Å². The molecule has 0 aliphatic carbocycles. The van der Waals surface area contributed by atoms with E-state index in [0.717, 1.165) is 0 Å². The molecule has 36 heavy (non-hydrogen) atoms. The van der Waals surface area contributed by atoms with E-state index in [1.165, 1.54) is 71.6 Å². The Hall–Kier alpha value is -3.23. The van der Waals surface area contributed by atoms with Gasteiger partial charge in [-0.15, -0.1) is 0 Å². The average Bonchev–Trinajstić information content (AvgIpc) is 3.01. The minimum absolute atomic E-state index is 0.0148. The number of carbonyl (C=O) groups is 1. The van der Waals surface area contributed by atoms with E-state index in [4.69, 9.17) is 28.3 Å². The molecule has 1 unspecified atom stereocenters. The Kier molecular flexibility index (Phi) is 6.70. The fraction of sp³-hybridized carbons (Fsp3) is 0.231. The molecule has 0 aliphatic rings. The third-order valence-corrected chi connectivity index (χ3v) is 7.17. The van der Waals surface area contributed by atoms with Gasteiger partial charge in [0.2, 0.25) is 0 Å². The summed E-state index contributed by atoms with van der Waals surface area (Å²) in [5.41, 5.74) is 2.00. The van der Waals surface area contributed by atoms with Crippen LogP contribution >= 0.6 is 23.2 Å². The van der Waals surface area contributed by atoms with Crippen LogP contribution in [0.1, 0.15) is 40.2 Å². The number of alkyl halides is 3. The lowest BCUT2D eigenvalue weighted by atomic mass is 9.81. The normalized spacial score (nSPS) is 13.7. The number of nitrogens with zero attached hydrogens (tertiary/aromatic N) is 2. The summed E-state index contributed by atoms with van der Waals surface area (Å²) in [5.74, 6) is -4.05. The van der Waals surface area contributed by atoms with E-state index in [0.29, 0.717) is 27.7 Å². The predicted octanol–water partition coefficient (Wildman–Crippen LogP) is 7.00. The highest BCUT2D eigenvalue weighted by molar-refractivity contribution is 6.34. The molecule has 2 atom stereocenters. The third-order valence-electron chi connectivity index (χ3n) is 6.53. The van der Waals surface area contributed by atoms with Gasteiger partial charge in [-0.05, 0) is 52.9 Å². The zero-order chi connectivity index (χ0) is 26.5. The zero-order valence-corrected chi connectivity index (χ0v) is 20.9. The SMILES string of the molecule is C[C@H](c1ccc(-c2ccc(C(=O)O)cc2Cl)cc1Cl)C(c1ccc2c(c1)n(C)c(=O)n2C)C(F)(F)F. The summed E-state index contributed by atoms with van der Waals surface area (Å²) >= 11 is 12.7. The third kappa shape index (κ3) is 4.51. The lowest BCUT2D eigenvalue weighted by molar-refractivity contribution is -0.154. The van der Waals surface area contributed by atoms with Crippen LogP contribution in [0.2, 0.25) is 10.0 Å². The van der Waals surface area contributed by atoms with E-state index in [1.54, 1.807) is 13.1 Å². The number of benzene rings is 3. The molecule has 1 heterocycles. The second-order valence-corrected chi connectivity index (χ2v) is 9.51. The summed E-state index contributed by atoms with van der Waals surface area (Å²) in [4.78, 5) is 23.4. The number of hydrogen-bond donors (Lipinski definition) is 1. The molecule has 1 aromatic heterocycles. The van der Waals surface area contributed by atoms with Gasteiger partial charge >= 0.3 is 17.8 Å². The molecule has 0 radical (unpaired) electrons. The molecule has 0 bridgehead atoms. The quantitative estimate of drug-likeness (QED) is 0.298. The van der Waals surface area contributed by atoms with Gasteiger partial charge in [0.1, 0.15) is 0 Å². The van der Waals surface area contributed by atoms with Gasteiger partial charge in [0, 0.05) is 29.7 Å². The maximum atomic E-state index is 14.4. The molecule has 0 spiro atoms. The number of halogens is 5. The topological polar surface area (TPSA) is 64.2 Å². The van der Waals surface area contributed by atoms with Crippen molar-refractivity contribution in [2.24, 2.45) is 14.1 Å². The van der Waals surface area contributed by atoms with Crippen LogP contribution in [0.4, 0.5) is 13.2 Å². The van der Waals surface area contributed by atoms with Crippen molar-refractivity contribution < 1.29 is 23.1 Å². The van der Waals surface area contributed by atoms with Gasteiger partial charge in [-0.1, -0.05) is 54.4 Å². The van der Waals surface area contributed by atoms with Crippen LogP contribution in [0.15, 0.2) is 59.4 Å². The van der Waals surface area contributed by atoms with E-state index in [9.17, 15) is 22.8 Å². The summed E-state index contributed by atoms with van der Waals surface area (Å²) in [6.07, 6.45) is -4.58. The Labute approximate surface area is 214 Å². The van der Waals surface area contributed by atoms with Gasteiger partial charge in [-0.25, -0.2) is 9.59 Å². The molecule has 4 rings (SSSR count). The Bertz CT molecular complexity index is 1560. The Balaban J connectivity index is 1.76. The van der Waals surface area contributed by atoms with Gasteiger partial charge in [-0.2, -0.15) is 13.2 Å². The predicted molar refractivity (Wildman–Crippen MR) is 134 cm³/mol. The largest absolute Gasteiger partial charge is 0.478 e. The molecule has 0 saturated carbocycles. The number of imidazole rings is 1. The first-order valence-corrected chi connectivity index (χ1v) is 11.6. The number of rotatable bonds is 5. The lowest BCUT2D eigenvalue weighted by Gasteiger charge is -2.28. The van der Waals surface area contributed by atoms with E-state index < -0.39 is 24.0 Å². The summed E-state index contributed by atoms with van der Waals surface area (Å²) in [6.45, 7) is 1.46. The number of carboxylic acids is 1. The van der Waals surface area contributed by atoms with Crippen LogP contribution < -0.4 is 5.69 Å². The molecule has 5 nitrogen and oxygen atoms in total. The number of carboxylic acid groups (broad SMARTS) is 1. The van der Waals surface area contributed by atoms with Crippen LogP contribution in [0.25, 0.3) is 22.2 Å².